The van der Waals surface area contributed by atoms with Crippen LogP contribution < -0.4 is 4.74 Å². The van der Waals surface area contributed by atoms with Crippen LogP contribution in [0.15, 0.2) is 53.6 Å². The van der Waals surface area contributed by atoms with Gasteiger partial charge < -0.3 is 4.74 Å². The van der Waals surface area contributed by atoms with Gasteiger partial charge in [-0.05, 0) is 40.9 Å². The number of aromatic nitrogens is 3. The summed E-state index contributed by atoms with van der Waals surface area (Å²) < 4.78 is 7.33. The van der Waals surface area contributed by atoms with Crippen LogP contribution >= 0.6 is 12.2 Å². The summed E-state index contributed by atoms with van der Waals surface area (Å²) in [5.41, 5.74) is 3.28. The molecule has 0 amide bonds. The van der Waals surface area contributed by atoms with Crippen molar-refractivity contribution in [3.05, 3.63) is 64.4 Å². The van der Waals surface area contributed by atoms with Gasteiger partial charge >= 0.3 is 0 Å². The van der Waals surface area contributed by atoms with Gasteiger partial charge in [0.25, 0.3) is 0 Å². The summed E-state index contributed by atoms with van der Waals surface area (Å²) in [6.07, 6.45) is 1.78. The molecule has 3 aromatic rings. The molecule has 134 valence electrons. The van der Waals surface area contributed by atoms with Gasteiger partial charge in [-0.1, -0.05) is 57.2 Å². The molecule has 0 spiro atoms. The molecule has 6 heteroatoms. The van der Waals surface area contributed by atoms with Crippen molar-refractivity contribution in [1.82, 2.24) is 14.9 Å². The summed E-state index contributed by atoms with van der Waals surface area (Å²) in [6.45, 7) is 6.59. The monoisotopic (exact) mass is 366 g/mol. The molecule has 0 aliphatic carbocycles. The molecule has 26 heavy (non-hydrogen) atoms. The summed E-state index contributed by atoms with van der Waals surface area (Å²) in [4.78, 5) is 0. The first-order valence-electron chi connectivity index (χ1n) is 8.35. The fourth-order valence-corrected chi connectivity index (χ4v) is 2.72. The SMILES string of the molecule is COc1cccc(-c2n[nH]c(=S)n2/N=C\c2ccc(C(C)(C)C)cc2)c1. The third kappa shape index (κ3) is 3.91. The molecule has 0 aliphatic heterocycles. The summed E-state index contributed by atoms with van der Waals surface area (Å²) in [5, 5.41) is 11.6. The van der Waals surface area contributed by atoms with Crippen LogP contribution in [-0.2, 0) is 5.41 Å². The van der Waals surface area contributed by atoms with E-state index in [0.717, 1.165) is 16.9 Å². The van der Waals surface area contributed by atoms with Crippen LogP contribution in [0.1, 0.15) is 31.9 Å². The van der Waals surface area contributed by atoms with E-state index < -0.39 is 0 Å². The number of hydrogen-bond acceptors (Lipinski definition) is 4. The first-order valence-corrected chi connectivity index (χ1v) is 8.76. The molecular formula is C20H22N4OS. The van der Waals surface area contributed by atoms with E-state index in [0.29, 0.717) is 10.6 Å². The Kier molecular flexibility index (Phi) is 5.04. The van der Waals surface area contributed by atoms with E-state index in [2.05, 4.69) is 60.3 Å². The van der Waals surface area contributed by atoms with Gasteiger partial charge in [0.15, 0.2) is 5.82 Å². The molecule has 0 bridgehead atoms. The average Bonchev–Trinajstić information content (AvgIpc) is 3.00. The quantitative estimate of drug-likeness (QED) is 0.533. The molecule has 0 saturated heterocycles. The van der Waals surface area contributed by atoms with E-state index in [1.807, 2.05) is 24.3 Å². The third-order valence-electron chi connectivity index (χ3n) is 4.08. The molecule has 0 saturated carbocycles. The van der Waals surface area contributed by atoms with Crippen LogP contribution in [0, 0.1) is 4.77 Å². The first-order chi connectivity index (χ1) is 12.4. The van der Waals surface area contributed by atoms with Gasteiger partial charge in [-0.15, -0.1) is 0 Å². The third-order valence-corrected chi connectivity index (χ3v) is 4.34. The van der Waals surface area contributed by atoms with Crippen molar-refractivity contribution < 1.29 is 4.74 Å². The maximum absolute atomic E-state index is 5.32. The highest BCUT2D eigenvalue weighted by molar-refractivity contribution is 7.71. The number of aromatic amines is 1. The van der Waals surface area contributed by atoms with E-state index in [1.54, 1.807) is 18.0 Å². The Hall–Kier alpha value is -2.73. The highest BCUT2D eigenvalue weighted by atomic mass is 32.1. The van der Waals surface area contributed by atoms with Crippen molar-refractivity contribution in [1.29, 1.82) is 0 Å². The minimum Gasteiger partial charge on any atom is -0.497 e. The predicted octanol–water partition coefficient (Wildman–Crippen LogP) is 4.80. The Morgan fingerprint density at radius 2 is 1.88 bits per heavy atom. The summed E-state index contributed by atoms with van der Waals surface area (Å²) in [7, 11) is 1.63. The average molecular weight is 366 g/mol. The number of nitrogens with one attached hydrogen (secondary N) is 1. The lowest BCUT2D eigenvalue weighted by molar-refractivity contribution is 0.415. The molecule has 0 radical (unpaired) electrons. The summed E-state index contributed by atoms with van der Waals surface area (Å²) >= 11 is 5.32. The topological polar surface area (TPSA) is 55.2 Å². The molecule has 2 aromatic carbocycles. The number of methoxy groups -OCH3 is 1. The van der Waals surface area contributed by atoms with Crippen LogP contribution in [0.3, 0.4) is 0 Å². The second kappa shape index (κ2) is 7.25. The zero-order chi connectivity index (χ0) is 18.7. The molecule has 0 unspecified atom stereocenters. The molecule has 1 heterocycles. The van der Waals surface area contributed by atoms with Gasteiger partial charge in [0.05, 0.1) is 13.3 Å². The molecule has 1 aromatic heterocycles. The summed E-state index contributed by atoms with van der Waals surface area (Å²) in [6, 6.07) is 16.0. The molecule has 0 atom stereocenters. The second-order valence-electron chi connectivity index (χ2n) is 7.01. The number of rotatable bonds is 4. The fraction of sp³-hybridized carbons (Fsp3) is 0.250. The Balaban J connectivity index is 1.92. The lowest BCUT2D eigenvalue weighted by Gasteiger charge is -2.18. The van der Waals surface area contributed by atoms with Crippen molar-refractivity contribution in [2.75, 3.05) is 7.11 Å². The molecule has 5 nitrogen and oxygen atoms in total. The van der Waals surface area contributed by atoms with Crippen LogP contribution in [-0.4, -0.2) is 28.2 Å². The second-order valence-corrected chi connectivity index (χ2v) is 7.40. The minimum absolute atomic E-state index is 0.127. The van der Waals surface area contributed by atoms with E-state index in [-0.39, 0.29) is 5.41 Å². The highest BCUT2D eigenvalue weighted by Crippen LogP contribution is 2.23. The van der Waals surface area contributed by atoms with E-state index in [9.17, 15) is 0 Å². The lowest BCUT2D eigenvalue weighted by Crippen LogP contribution is -2.10. The number of hydrogen-bond donors (Lipinski definition) is 1. The predicted molar refractivity (Wildman–Crippen MR) is 108 cm³/mol. The van der Waals surface area contributed by atoms with Gasteiger partial charge in [-0.2, -0.15) is 14.9 Å². The molecular weight excluding hydrogens is 344 g/mol. The number of H-pyrrole nitrogens is 1. The van der Waals surface area contributed by atoms with E-state index >= 15 is 0 Å². The Labute approximate surface area is 158 Å². The van der Waals surface area contributed by atoms with Gasteiger partial charge in [-0.3, -0.25) is 0 Å². The summed E-state index contributed by atoms with van der Waals surface area (Å²) in [5.74, 6) is 1.39. The van der Waals surface area contributed by atoms with Crippen LogP contribution in [0.5, 0.6) is 5.75 Å². The van der Waals surface area contributed by atoms with E-state index in [1.165, 1.54) is 5.56 Å². The number of nitrogens with zero attached hydrogens (tertiary/aromatic N) is 3. The largest absolute Gasteiger partial charge is 0.497 e. The number of ether oxygens (including phenoxy) is 1. The van der Waals surface area contributed by atoms with Gasteiger partial charge in [-0.25, -0.2) is 5.10 Å². The maximum Gasteiger partial charge on any atom is 0.216 e. The van der Waals surface area contributed by atoms with Crippen molar-refractivity contribution in [3.63, 3.8) is 0 Å². The lowest BCUT2D eigenvalue weighted by atomic mass is 9.87. The standard InChI is InChI=1S/C20H22N4OS/c1-20(2,3)16-10-8-14(9-11-16)13-21-24-18(22-23-19(24)26)15-6-5-7-17(12-15)25-4/h5-13H,1-4H3,(H,23,26)/b21-13-. The first kappa shape index (κ1) is 18.1. The fourth-order valence-electron chi connectivity index (χ4n) is 2.54. The molecule has 3 rings (SSSR count). The van der Waals surface area contributed by atoms with E-state index in [4.69, 9.17) is 17.0 Å². The van der Waals surface area contributed by atoms with Crippen molar-refractivity contribution >= 4 is 18.4 Å². The Morgan fingerprint density at radius 1 is 1.15 bits per heavy atom. The molecule has 0 fully saturated rings. The smallest absolute Gasteiger partial charge is 0.216 e. The normalized spacial score (nSPS) is 11.8. The van der Waals surface area contributed by atoms with Crippen LogP contribution in [0.25, 0.3) is 11.4 Å². The Bertz CT molecular complexity index is 978. The van der Waals surface area contributed by atoms with Gasteiger partial charge in [0, 0.05) is 5.56 Å². The van der Waals surface area contributed by atoms with Crippen molar-refractivity contribution in [3.8, 4) is 17.1 Å². The molecule has 1 N–H and O–H groups in total. The maximum atomic E-state index is 5.32. The van der Waals surface area contributed by atoms with Gasteiger partial charge in [0.1, 0.15) is 5.75 Å². The van der Waals surface area contributed by atoms with Crippen molar-refractivity contribution in [2.24, 2.45) is 5.10 Å². The molecule has 0 aliphatic rings. The van der Waals surface area contributed by atoms with Crippen LogP contribution in [0.2, 0.25) is 0 Å². The van der Waals surface area contributed by atoms with Crippen LogP contribution in [0.4, 0.5) is 0 Å². The Morgan fingerprint density at radius 3 is 2.54 bits per heavy atom. The highest BCUT2D eigenvalue weighted by Gasteiger charge is 2.12. The zero-order valence-corrected chi connectivity index (χ0v) is 16.2. The van der Waals surface area contributed by atoms with Crippen molar-refractivity contribution in [2.45, 2.75) is 26.2 Å². The number of benzene rings is 2. The zero-order valence-electron chi connectivity index (χ0n) is 15.4. The minimum atomic E-state index is 0.127. The van der Waals surface area contributed by atoms with Gasteiger partial charge in [0.2, 0.25) is 4.77 Å².